The summed E-state index contributed by atoms with van der Waals surface area (Å²) >= 11 is 26.5. The van der Waals surface area contributed by atoms with Crippen molar-refractivity contribution in [2.24, 2.45) is 0 Å². The van der Waals surface area contributed by atoms with E-state index >= 15 is 0 Å². The normalized spacial score (nSPS) is 26.7. The molecule has 1 aliphatic carbocycles. The van der Waals surface area contributed by atoms with Crippen LogP contribution >= 0.6 is 58.2 Å². The third-order valence-electron chi connectivity index (χ3n) is 5.29. The first-order valence-corrected chi connectivity index (χ1v) is 11.6. The van der Waals surface area contributed by atoms with Crippen molar-refractivity contribution in [3.63, 3.8) is 0 Å². The summed E-state index contributed by atoms with van der Waals surface area (Å²) in [7, 11) is 0. The molecule has 1 amide bonds. The van der Waals surface area contributed by atoms with Crippen molar-refractivity contribution in [1.82, 2.24) is 5.32 Å². The van der Waals surface area contributed by atoms with E-state index in [0.717, 1.165) is 12.8 Å². The Labute approximate surface area is 197 Å². The fourth-order valence-electron chi connectivity index (χ4n) is 4.13. The van der Waals surface area contributed by atoms with Gasteiger partial charge in [0.05, 0.1) is 21.7 Å². The number of rotatable bonds is 3. The second-order valence-electron chi connectivity index (χ2n) is 7.11. The van der Waals surface area contributed by atoms with E-state index in [1.807, 2.05) is 0 Å². The second-order valence-corrected chi connectivity index (χ2v) is 9.90. The number of hydrogen-bond acceptors (Lipinski definition) is 6. The van der Waals surface area contributed by atoms with Crippen molar-refractivity contribution in [1.29, 1.82) is 0 Å². The van der Waals surface area contributed by atoms with Crippen molar-refractivity contribution in [3.8, 4) is 11.5 Å². The third kappa shape index (κ3) is 3.08. The summed E-state index contributed by atoms with van der Waals surface area (Å²) < 4.78 is 18.2. The van der Waals surface area contributed by atoms with Gasteiger partial charge >= 0.3 is 5.97 Å². The van der Waals surface area contributed by atoms with Crippen molar-refractivity contribution in [2.45, 2.75) is 50.1 Å². The molecule has 4 rings (SSSR count). The van der Waals surface area contributed by atoms with Crippen LogP contribution in [0.3, 0.4) is 0 Å². The molecule has 1 aromatic rings. The topological polar surface area (TPSA) is 73.9 Å². The summed E-state index contributed by atoms with van der Waals surface area (Å²) in [6.45, 7) is 3.23. The van der Waals surface area contributed by atoms with Gasteiger partial charge in [-0.15, -0.1) is 0 Å². The van der Waals surface area contributed by atoms with E-state index in [9.17, 15) is 9.59 Å². The van der Waals surface area contributed by atoms with E-state index in [4.69, 9.17) is 60.6 Å². The number of carbonyl (C=O) groups is 2. The van der Waals surface area contributed by atoms with Crippen molar-refractivity contribution < 1.29 is 23.8 Å². The van der Waals surface area contributed by atoms with Crippen LogP contribution < -0.4 is 14.8 Å². The van der Waals surface area contributed by atoms with Gasteiger partial charge < -0.3 is 19.5 Å². The fourth-order valence-corrected chi connectivity index (χ4v) is 6.68. The standard InChI is InChI=1S/C19H17Cl4NO5S/c1-3-27-17(26)9-16(24-8(2)25)30-19-7-5-4-6-18(9,19)28-14-12(22)10(20)11(21)13(23)15(14)29-19/h3-7H2,1-2H3,(H,24,25)/t18-,19+/m0/s1. The molecule has 2 aliphatic heterocycles. The summed E-state index contributed by atoms with van der Waals surface area (Å²) in [4.78, 5) is 23.9. The molecule has 2 heterocycles. The number of fused-ring (bicyclic) bond motifs is 1. The van der Waals surface area contributed by atoms with E-state index in [1.54, 1.807) is 6.92 Å². The zero-order chi connectivity index (χ0) is 21.8. The number of esters is 1. The number of nitrogens with one attached hydrogen (secondary N) is 1. The number of carbonyl (C=O) groups excluding carboxylic acids is 2. The summed E-state index contributed by atoms with van der Waals surface area (Å²) in [5.74, 6) is -0.651. The van der Waals surface area contributed by atoms with Crippen LogP contribution in [0, 0.1) is 0 Å². The Morgan fingerprint density at radius 3 is 2.23 bits per heavy atom. The van der Waals surface area contributed by atoms with Gasteiger partial charge in [0.2, 0.25) is 10.8 Å². The average molecular weight is 513 g/mol. The maximum absolute atomic E-state index is 13.0. The van der Waals surface area contributed by atoms with E-state index in [0.29, 0.717) is 17.9 Å². The monoisotopic (exact) mass is 511 g/mol. The van der Waals surface area contributed by atoms with Crippen LogP contribution in [0.4, 0.5) is 0 Å². The predicted octanol–water partition coefficient (Wildman–Crippen LogP) is 5.74. The van der Waals surface area contributed by atoms with Crippen molar-refractivity contribution in [3.05, 3.63) is 30.7 Å². The molecule has 0 aromatic heterocycles. The lowest BCUT2D eigenvalue weighted by Gasteiger charge is -2.51. The van der Waals surface area contributed by atoms with Crippen LogP contribution in [-0.4, -0.2) is 29.0 Å². The number of amides is 1. The molecule has 11 heteroatoms. The molecule has 0 bridgehead atoms. The minimum Gasteiger partial charge on any atom is -0.471 e. The van der Waals surface area contributed by atoms with Crippen LogP contribution in [0.2, 0.25) is 20.1 Å². The maximum atomic E-state index is 13.0. The lowest BCUT2D eigenvalue weighted by atomic mass is 9.75. The van der Waals surface area contributed by atoms with Crippen LogP contribution in [0.15, 0.2) is 10.6 Å². The molecule has 3 aliphatic rings. The first-order valence-electron chi connectivity index (χ1n) is 9.30. The van der Waals surface area contributed by atoms with Gasteiger partial charge in [0.15, 0.2) is 17.1 Å². The molecule has 0 unspecified atom stereocenters. The lowest BCUT2D eigenvalue weighted by molar-refractivity contribution is -0.146. The van der Waals surface area contributed by atoms with Gasteiger partial charge in [-0.1, -0.05) is 58.2 Å². The molecular weight excluding hydrogens is 496 g/mol. The van der Waals surface area contributed by atoms with Crippen LogP contribution in [0.25, 0.3) is 0 Å². The van der Waals surface area contributed by atoms with Gasteiger partial charge in [0.1, 0.15) is 15.6 Å². The Kier molecular flexibility index (Phi) is 5.81. The number of hydrogen-bond donors (Lipinski definition) is 1. The van der Waals surface area contributed by atoms with E-state index in [2.05, 4.69) is 5.32 Å². The Bertz CT molecular complexity index is 1000. The Hall–Kier alpha value is -0.990. The molecule has 2 atom stereocenters. The van der Waals surface area contributed by atoms with E-state index in [-0.39, 0.29) is 49.7 Å². The van der Waals surface area contributed by atoms with Crippen LogP contribution in [0.1, 0.15) is 39.5 Å². The number of halogens is 4. The predicted molar refractivity (Wildman–Crippen MR) is 117 cm³/mol. The molecule has 1 N–H and O–H groups in total. The number of benzene rings is 1. The second kappa shape index (κ2) is 7.85. The van der Waals surface area contributed by atoms with Crippen molar-refractivity contribution in [2.75, 3.05) is 6.61 Å². The lowest BCUT2D eigenvalue weighted by Crippen LogP contribution is -2.62. The largest absolute Gasteiger partial charge is 0.471 e. The molecule has 1 aromatic carbocycles. The Morgan fingerprint density at radius 1 is 1.03 bits per heavy atom. The van der Waals surface area contributed by atoms with Gasteiger partial charge in [-0.05, 0) is 26.2 Å². The fraction of sp³-hybridized carbons (Fsp3) is 0.474. The van der Waals surface area contributed by atoms with Crippen LogP contribution in [0.5, 0.6) is 11.5 Å². The molecule has 0 radical (unpaired) electrons. The summed E-state index contributed by atoms with van der Waals surface area (Å²) in [6, 6.07) is 0. The quantitative estimate of drug-likeness (QED) is 0.316. The molecule has 0 saturated heterocycles. The highest BCUT2D eigenvalue weighted by molar-refractivity contribution is 8.04. The highest BCUT2D eigenvalue weighted by Gasteiger charge is 2.70. The third-order valence-corrected chi connectivity index (χ3v) is 8.52. The highest BCUT2D eigenvalue weighted by atomic mass is 35.5. The SMILES string of the molecule is CCOC(=O)C1=C(NC(C)=O)S[C@]23CCCC[C@]12Oc1c(Cl)c(Cl)c(Cl)c(Cl)c1O3. The molecule has 1 fully saturated rings. The summed E-state index contributed by atoms with van der Waals surface area (Å²) in [5, 5.41) is 3.26. The Balaban J connectivity index is 1.96. The molecule has 162 valence electrons. The minimum atomic E-state index is -1.24. The van der Waals surface area contributed by atoms with Crippen LogP contribution in [-0.2, 0) is 14.3 Å². The van der Waals surface area contributed by atoms with Gasteiger partial charge in [-0.2, -0.15) is 0 Å². The Morgan fingerprint density at radius 2 is 1.63 bits per heavy atom. The molecule has 6 nitrogen and oxygen atoms in total. The molecule has 0 spiro atoms. The summed E-state index contributed by atoms with van der Waals surface area (Å²) in [6.07, 6.45) is 2.58. The number of thioether (sulfide) groups is 1. The average Bonchev–Trinajstić information content (AvgIpc) is 2.98. The molecule has 1 saturated carbocycles. The van der Waals surface area contributed by atoms with Gasteiger partial charge in [-0.25, -0.2) is 4.79 Å². The minimum absolute atomic E-state index is 0.0276. The number of ether oxygens (including phenoxy) is 3. The van der Waals surface area contributed by atoms with Crippen molar-refractivity contribution >= 4 is 70.0 Å². The van der Waals surface area contributed by atoms with Gasteiger partial charge in [0, 0.05) is 13.3 Å². The van der Waals surface area contributed by atoms with Gasteiger partial charge in [-0.3, -0.25) is 4.79 Å². The zero-order valence-electron chi connectivity index (χ0n) is 16.0. The first kappa shape index (κ1) is 22.2. The highest BCUT2D eigenvalue weighted by Crippen LogP contribution is 2.67. The van der Waals surface area contributed by atoms with E-state index < -0.39 is 16.5 Å². The maximum Gasteiger partial charge on any atom is 0.340 e. The van der Waals surface area contributed by atoms with E-state index in [1.165, 1.54) is 18.7 Å². The van der Waals surface area contributed by atoms with Gasteiger partial charge in [0.25, 0.3) is 0 Å². The summed E-state index contributed by atoms with van der Waals surface area (Å²) in [5.41, 5.74) is -1.04. The zero-order valence-corrected chi connectivity index (χ0v) is 19.8. The molecule has 30 heavy (non-hydrogen) atoms. The molecular formula is C19H17Cl4NO5S. The smallest absolute Gasteiger partial charge is 0.340 e. The first-order chi connectivity index (χ1) is 14.2.